The molecule has 5 saturated heterocycles. The molecule has 23 heteroatoms. The molecule has 5 rings (SSSR count). The van der Waals surface area contributed by atoms with E-state index in [-0.39, 0.29) is 73.7 Å². The summed E-state index contributed by atoms with van der Waals surface area (Å²) in [7, 11) is 0. The molecule has 11 unspecified atom stereocenters. The van der Waals surface area contributed by atoms with Crippen LogP contribution in [0.3, 0.4) is 0 Å². The number of carbonyl (C=O) groups excluding carboxylic acids is 8. The van der Waals surface area contributed by atoms with Gasteiger partial charge in [0, 0.05) is 33.0 Å². The Hall–Kier alpha value is -4.52. The summed E-state index contributed by atoms with van der Waals surface area (Å²) < 4.78 is 18.2. The van der Waals surface area contributed by atoms with E-state index in [1.165, 1.54) is 34.6 Å². The van der Waals surface area contributed by atoms with Gasteiger partial charge < -0.3 is 34.6 Å². The van der Waals surface area contributed by atoms with Gasteiger partial charge in [-0.2, -0.15) is 0 Å². The van der Waals surface area contributed by atoms with Crippen LogP contribution >= 0.6 is 0 Å². The van der Waals surface area contributed by atoms with Crippen LogP contribution < -0.4 is 16.2 Å². The molecule has 0 saturated carbocycles. The van der Waals surface area contributed by atoms with Crippen LogP contribution in [0, 0.1) is 23.7 Å². The van der Waals surface area contributed by atoms with Gasteiger partial charge in [-0.1, -0.05) is 48.5 Å². The fraction of sp³-hybridized carbons (Fsp3) is 0.822. The van der Waals surface area contributed by atoms with Crippen LogP contribution in [0.25, 0.3) is 0 Å². The third-order valence-corrected chi connectivity index (χ3v) is 13.9. The molecule has 68 heavy (non-hydrogen) atoms. The molecule has 384 valence electrons. The predicted octanol–water partition coefficient (Wildman–Crippen LogP) is 0.118. The number of hydrazine groups is 2. The van der Waals surface area contributed by atoms with Crippen molar-refractivity contribution in [2.24, 2.45) is 23.7 Å². The van der Waals surface area contributed by atoms with Gasteiger partial charge in [0.15, 0.2) is 6.04 Å². The van der Waals surface area contributed by atoms with E-state index in [1.807, 2.05) is 20.8 Å². The second kappa shape index (κ2) is 21.6. The molecule has 5 heterocycles. The summed E-state index contributed by atoms with van der Waals surface area (Å²) >= 11 is 0. The van der Waals surface area contributed by atoms with Gasteiger partial charge in [-0.05, 0) is 88.9 Å². The first-order chi connectivity index (χ1) is 31.7. The molecule has 0 aromatic heterocycles. The van der Waals surface area contributed by atoms with Crippen molar-refractivity contribution in [2.45, 2.75) is 186 Å². The monoisotopic (exact) mass is 967 g/mol. The molecule has 5 aliphatic rings. The highest BCUT2D eigenvalue weighted by Crippen LogP contribution is 2.44. The van der Waals surface area contributed by atoms with Crippen LogP contribution in [0.1, 0.15) is 127 Å². The minimum atomic E-state index is -2.74. The molecule has 7 N–H and O–H groups in total. The van der Waals surface area contributed by atoms with E-state index < -0.39 is 125 Å². The first-order valence-electron chi connectivity index (χ1n) is 24.0. The molecule has 11 atom stereocenters. The van der Waals surface area contributed by atoms with E-state index >= 15 is 4.79 Å². The van der Waals surface area contributed by atoms with Crippen molar-refractivity contribution in [2.75, 3.05) is 26.2 Å². The first kappa shape index (κ1) is 54.4. The standard InChI is InChI=1S/C45H74N8O15/c1-11-31-28(22-24(2)3)16-17-45(68-31,67-27(8)54)44(10,63)42(61)48-33-35(26(6)7)66-41(60)34(25(4)5)53(65)40(59)36-43(9,62)18-21-49(36)37(56)29-14-12-19-46-51(29)32(55)23-50(64)38(57)30-15-13-20-47-52(30)39(33)58/h24-26,28-31,33-36,46-47,62-65H,11-23H2,1-10H3,(H,48,61). The highest BCUT2D eigenvalue weighted by atomic mass is 16.7. The molecule has 0 spiro atoms. The lowest BCUT2D eigenvalue weighted by atomic mass is 9.78. The van der Waals surface area contributed by atoms with Crippen molar-refractivity contribution in [3.8, 4) is 0 Å². The van der Waals surface area contributed by atoms with Gasteiger partial charge in [-0.25, -0.2) is 25.8 Å². The predicted molar refractivity (Wildman–Crippen MR) is 236 cm³/mol. The minimum absolute atomic E-state index is 0.0196. The molecule has 5 fully saturated rings. The Morgan fingerprint density at radius 2 is 1.49 bits per heavy atom. The van der Waals surface area contributed by atoms with E-state index in [1.54, 1.807) is 0 Å². The van der Waals surface area contributed by atoms with Crippen LogP contribution in [-0.4, -0.2) is 179 Å². The average Bonchev–Trinajstić information content (AvgIpc) is 3.59. The largest absolute Gasteiger partial charge is 0.458 e. The lowest BCUT2D eigenvalue weighted by Crippen LogP contribution is -2.71. The van der Waals surface area contributed by atoms with Crippen molar-refractivity contribution >= 4 is 47.4 Å². The van der Waals surface area contributed by atoms with E-state index in [2.05, 4.69) is 16.2 Å². The highest BCUT2D eigenvalue weighted by Gasteiger charge is 2.61. The SMILES string of the molecule is CCC1OC(OC(C)=O)(C(C)(O)C(=O)NC2C(=O)N3NCCCC3C(=O)N(O)CC(=O)N3NCCCC3C(=O)N3CCC(C)(O)C3C(=O)N(O)C(C(C)C)C(=O)OC2C(C)C)CCC1CC(C)C. The van der Waals surface area contributed by atoms with E-state index in [4.69, 9.17) is 14.2 Å². The van der Waals surface area contributed by atoms with Crippen molar-refractivity contribution in [3.05, 3.63) is 0 Å². The van der Waals surface area contributed by atoms with Gasteiger partial charge in [0.1, 0.15) is 36.8 Å². The van der Waals surface area contributed by atoms with Crippen LogP contribution in [0.2, 0.25) is 0 Å². The molecular weight excluding hydrogens is 893 g/mol. The van der Waals surface area contributed by atoms with E-state index in [0.29, 0.717) is 19.3 Å². The molecule has 0 aliphatic carbocycles. The summed E-state index contributed by atoms with van der Waals surface area (Å²) in [4.78, 5) is 115. The maximum atomic E-state index is 15.2. The Labute approximate surface area is 397 Å². The summed E-state index contributed by atoms with van der Waals surface area (Å²) in [6.45, 7) is 14.5. The number of nitrogens with zero attached hydrogens (tertiary/aromatic N) is 5. The quantitative estimate of drug-likeness (QED) is 0.119. The van der Waals surface area contributed by atoms with Crippen molar-refractivity contribution in [1.29, 1.82) is 0 Å². The lowest BCUT2D eigenvalue weighted by Gasteiger charge is -2.50. The van der Waals surface area contributed by atoms with Crippen molar-refractivity contribution < 1.29 is 73.2 Å². The second-order valence-corrected chi connectivity index (χ2v) is 20.4. The van der Waals surface area contributed by atoms with Gasteiger partial charge in [0.25, 0.3) is 35.3 Å². The Morgan fingerprint density at radius 1 is 0.882 bits per heavy atom. The molecule has 0 bridgehead atoms. The Balaban J connectivity index is 1.64. The Morgan fingerprint density at radius 3 is 2.04 bits per heavy atom. The van der Waals surface area contributed by atoms with Crippen LogP contribution in [0.4, 0.5) is 0 Å². The maximum absolute atomic E-state index is 15.2. The van der Waals surface area contributed by atoms with Gasteiger partial charge in [-0.15, -0.1) is 0 Å². The zero-order valence-electron chi connectivity index (χ0n) is 41.1. The maximum Gasteiger partial charge on any atom is 0.332 e. The van der Waals surface area contributed by atoms with Crippen LogP contribution in [0.5, 0.6) is 0 Å². The minimum Gasteiger partial charge on any atom is -0.458 e. The highest BCUT2D eigenvalue weighted by molar-refractivity contribution is 5.97. The number of aliphatic hydroxyl groups is 2. The Kier molecular flexibility index (Phi) is 17.3. The summed E-state index contributed by atoms with van der Waals surface area (Å²) in [5.74, 6) is -12.5. The topological polar surface area (TPSA) is 297 Å². The number of hydrogen-bond acceptors (Lipinski definition) is 17. The molecule has 0 aromatic carbocycles. The smallest absolute Gasteiger partial charge is 0.332 e. The summed E-state index contributed by atoms with van der Waals surface area (Å²) in [5.41, 5.74) is 0.966. The van der Waals surface area contributed by atoms with Crippen LogP contribution in [0.15, 0.2) is 0 Å². The number of amides is 6. The average molecular weight is 967 g/mol. The normalized spacial score (nSPS) is 33.9. The number of carbonyl (C=O) groups is 8. The first-order valence-corrected chi connectivity index (χ1v) is 24.0. The molecule has 0 aromatic rings. The van der Waals surface area contributed by atoms with E-state index in [0.717, 1.165) is 35.2 Å². The summed E-state index contributed by atoms with van der Waals surface area (Å²) in [6.07, 6.45) is -0.297. The number of hydrogen-bond donors (Lipinski definition) is 7. The number of cyclic esters (lactones) is 1. The van der Waals surface area contributed by atoms with Gasteiger partial charge in [0.05, 0.1) is 11.7 Å². The van der Waals surface area contributed by atoms with Crippen LogP contribution in [-0.2, 0) is 52.6 Å². The molecule has 0 radical (unpaired) electrons. The number of rotatable bonds is 9. The molecule has 5 aliphatic heterocycles. The van der Waals surface area contributed by atoms with Crippen molar-refractivity contribution in [3.63, 3.8) is 0 Å². The van der Waals surface area contributed by atoms with Crippen molar-refractivity contribution in [1.82, 2.24) is 41.2 Å². The third-order valence-electron chi connectivity index (χ3n) is 13.9. The molecular formula is C45H74N8O15. The fourth-order valence-corrected chi connectivity index (χ4v) is 10.3. The number of nitrogens with one attached hydrogen (secondary N) is 3. The molecule has 23 nitrogen and oxygen atoms in total. The summed E-state index contributed by atoms with van der Waals surface area (Å²) in [5, 5.41) is 51.5. The fourth-order valence-electron chi connectivity index (χ4n) is 10.3. The zero-order chi connectivity index (χ0) is 50.8. The lowest BCUT2D eigenvalue weighted by molar-refractivity contribution is -0.332. The Bertz CT molecular complexity index is 1910. The van der Waals surface area contributed by atoms with Gasteiger partial charge in [-0.3, -0.25) is 54.0 Å². The number of fused-ring (bicyclic) bond motifs is 3. The summed E-state index contributed by atoms with van der Waals surface area (Å²) in [6, 6.07) is -8.45. The molecule has 6 amide bonds. The third kappa shape index (κ3) is 11.1. The number of ether oxygens (including phenoxy) is 3. The van der Waals surface area contributed by atoms with Gasteiger partial charge in [0.2, 0.25) is 11.5 Å². The number of hydroxylamine groups is 4. The zero-order valence-corrected chi connectivity index (χ0v) is 41.1. The van der Waals surface area contributed by atoms with E-state index in [9.17, 15) is 54.2 Å². The number of esters is 2. The second-order valence-electron chi connectivity index (χ2n) is 20.4. The van der Waals surface area contributed by atoms with Gasteiger partial charge >= 0.3 is 11.9 Å².